The predicted octanol–water partition coefficient (Wildman–Crippen LogP) is 3.97. The Morgan fingerprint density at radius 1 is 1.19 bits per heavy atom. The van der Waals surface area contributed by atoms with E-state index in [1.165, 1.54) is 5.69 Å². The fourth-order valence-corrected chi connectivity index (χ4v) is 3.62. The average molecular weight is 362 g/mol. The molecule has 27 heavy (non-hydrogen) atoms. The molecule has 0 aliphatic carbocycles. The van der Waals surface area contributed by atoms with Gasteiger partial charge in [0.1, 0.15) is 5.75 Å². The summed E-state index contributed by atoms with van der Waals surface area (Å²) in [5.74, 6) is 1.01. The maximum Gasteiger partial charge on any atom is 0.254 e. The molecule has 1 aliphatic rings. The largest absolute Gasteiger partial charge is 0.437 e. The minimum atomic E-state index is 0.0329. The van der Waals surface area contributed by atoms with E-state index < -0.39 is 0 Å². The molecule has 1 fully saturated rings. The number of benzene rings is 1. The minimum absolute atomic E-state index is 0.0329. The van der Waals surface area contributed by atoms with E-state index in [1.807, 2.05) is 42.4 Å². The van der Waals surface area contributed by atoms with E-state index in [4.69, 9.17) is 4.74 Å². The lowest BCUT2D eigenvalue weighted by Crippen LogP contribution is -2.39. The van der Waals surface area contributed by atoms with Crippen LogP contribution in [0.1, 0.15) is 41.4 Å². The summed E-state index contributed by atoms with van der Waals surface area (Å²) in [5.41, 5.74) is 1.80. The maximum absolute atomic E-state index is 13.3. The molecule has 0 N–H and O–H groups in total. The Balaban J connectivity index is 1.58. The van der Waals surface area contributed by atoms with Gasteiger partial charge in [0, 0.05) is 43.4 Å². The number of nitrogens with zero attached hydrogens (tertiary/aromatic N) is 4. The van der Waals surface area contributed by atoms with Gasteiger partial charge in [0.15, 0.2) is 0 Å². The van der Waals surface area contributed by atoms with Crippen molar-refractivity contribution >= 4 is 5.91 Å². The second-order valence-electron chi connectivity index (χ2n) is 6.73. The van der Waals surface area contributed by atoms with Crippen molar-refractivity contribution in [1.82, 2.24) is 19.4 Å². The van der Waals surface area contributed by atoms with Gasteiger partial charge < -0.3 is 14.2 Å². The molecule has 1 aliphatic heterocycles. The zero-order chi connectivity index (χ0) is 18.6. The summed E-state index contributed by atoms with van der Waals surface area (Å²) < 4.78 is 7.83. The zero-order valence-electron chi connectivity index (χ0n) is 15.3. The SMILES string of the molecule is Cn1cccc1C1CCCCN1C(=O)c1cccc(Oc2cnccn2)c1. The molecule has 1 unspecified atom stereocenters. The van der Waals surface area contributed by atoms with Crippen LogP contribution >= 0.6 is 0 Å². The van der Waals surface area contributed by atoms with Crippen LogP contribution in [0.5, 0.6) is 11.6 Å². The lowest BCUT2D eigenvalue weighted by atomic mass is 9.98. The van der Waals surface area contributed by atoms with E-state index in [9.17, 15) is 4.79 Å². The topological polar surface area (TPSA) is 60.2 Å². The minimum Gasteiger partial charge on any atom is -0.437 e. The Labute approximate surface area is 158 Å². The van der Waals surface area contributed by atoms with Crippen molar-refractivity contribution < 1.29 is 9.53 Å². The molecule has 1 amide bonds. The third-order valence-electron chi connectivity index (χ3n) is 4.93. The van der Waals surface area contributed by atoms with Crippen molar-refractivity contribution in [3.05, 3.63) is 72.4 Å². The van der Waals surface area contributed by atoms with Crippen LogP contribution in [0.25, 0.3) is 0 Å². The van der Waals surface area contributed by atoms with Crippen LogP contribution in [0.3, 0.4) is 0 Å². The number of hydrogen-bond acceptors (Lipinski definition) is 4. The highest BCUT2D eigenvalue weighted by molar-refractivity contribution is 5.95. The molecule has 6 nitrogen and oxygen atoms in total. The zero-order valence-corrected chi connectivity index (χ0v) is 15.3. The molecule has 138 valence electrons. The fraction of sp³-hybridized carbons (Fsp3) is 0.286. The molecular weight excluding hydrogens is 340 g/mol. The lowest BCUT2D eigenvalue weighted by Gasteiger charge is -2.36. The van der Waals surface area contributed by atoms with Crippen LogP contribution < -0.4 is 4.74 Å². The second-order valence-corrected chi connectivity index (χ2v) is 6.73. The Bertz CT molecular complexity index is 923. The van der Waals surface area contributed by atoms with Gasteiger partial charge in [0.05, 0.1) is 12.2 Å². The molecule has 1 saturated heterocycles. The van der Waals surface area contributed by atoms with Gasteiger partial charge in [0.2, 0.25) is 5.88 Å². The second kappa shape index (κ2) is 7.61. The molecular formula is C21H22N4O2. The third-order valence-corrected chi connectivity index (χ3v) is 4.93. The molecule has 3 heterocycles. The van der Waals surface area contributed by atoms with Crippen molar-refractivity contribution in [3.63, 3.8) is 0 Å². The first-order chi connectivity index (χ1) is 13.2. The van der Waals surface area contributed by atoms with Crippen LogP contribution in [-0.4, -0.2) is 31.9 Å². The van der Waals surface area contributed by atoms with Gasteiger partial charge in [-0.05, 0) is 49.6 Å². The van der Waals surface area contributed by atoms with Crippen molar-refractivity contribution in [2.45, 2.75) is 25.3 Å². The Hall–Kier alpha value is -3.15. The van der Waals surface area contributed by atoms with Crippen LogP contribution in [0.2, 0.25) is 0 Å². The summed E-state index contributed by atoms with van der Waals surface area (Å²) in [6.45, 7) is 0.768. The molecule has 0 bridgehead atoms. The Morgan fingerprint density at radius 3 is 2.89 bits per heavy atom. The van der Waals surface area contributed by atoms with Crippen molar-refractivity contribution in [2.75, 3.05) is 6.54 Å². The number of rotatable bonds is 4. The summed E-state index contributed by atoms with van der Waals surface area (Å²) in [5, 5.41) is 0. The van der Waals surface area contributed by atoms with Crippen LogP contribution in [-0.2, 0) is 7.05 Å². The quantitative estimate of drug-likeness (QED) is 0.704. The number of amides is 1. The number of hydrogen-bond donors (Lipinski definition) is 0. The van der Waals surface area contributed by atoms with Crippen molar-refractivity contribution in [2.24, 2.45) is 7.05 Å². The monoisotopic (exact) mass is 362 g/mol. The van der Waals surface area contributed by atoms with Crippen LogP contribution in [0.15, 0.2) is 61.2 Å². The number of ether oxygens (including phenoxy) is 1. The van der Waals surface area contributed by atoms with E-state index in [1.54, 1.807) is 24.7 Å². The summed E-state index contributed by atoms with van der Waals surface area (Å²) in [4.78, 5) is 23.3. The molecule has 1 atom stereocenters. The maximum atomic E-state index is 13.3. The number of aryl methyl sites for hydroxylation is 1. The Kier molecular flexibility index (Phi) is 4.87. The van der Waals surface area contributed by atoms with Crippen molar-refractivity contribution in [1.29, 1.82) is 0 Å². The molecule has 2 aromatic heterocycles. The highest BCUT2D eigenvalue weighted by Crippen LogP contribution is 2.32. The van der Waals surface area contributed by atoms with Gasteiger partial charge in [0.25, 0.3) is 5.91 Å². The normalized spacial score (nSPS) is 16.9. The van der Waals surface area contributed by atoms with E-state index in [0.717, 1.165) is 25.8 Å². The third kappa shape index (κ3) is 3.69. The fourth-order valence-electron chi connectivity index (χ4n) is 3.62. The van der Waals surface area contributed by atoms with E-state index in [0.29, 0.717) is 17.2 Å². The standard InChI is InChI=1S/C21H22N4O2/c1-24-12-5-9-18(24)19-8-2-3-13-25(19)21(26)16-6-4-7-17(14-16)27-20-15-22-10-11-23-20/h4-7,9-12,14-15,19H,2-3,8,13H2,1H3. The van der Waals surface area contributed by atoms with E-state index in [2.05, 4.69) is 20.6 Å². The number of carbonyl (C=O) groups is 1. The summed E-state index contributed by atoms with van der Waals surface area (Å²) in [7, 11) is 2.03. The smallest absolute Gasteiger partial charge is 0.254 e. The molecule has 4 rings (SSSR count). The first-order valence-corrected chi connectivity index (χ1v) is 9.18. The van der Waals surface area contributed by atoms with Crippen molar-refractivity contribution in [3.8, 4) is 11.6 Å². The average Bonchev–Trinajstić information content (AvgIpc) is 3.14. The summed E-state index contributed by atoms with van der Waals surface area (Å²) in [6.07, 6.45) is 9.89. The summed E-state index contributed by atoms with van der Waals surface area (Å²) in [6, 6.07) is 11.5. The molecule has 1 aromatic carbocycles. The summed E-state index contributed by atoms with van der Waals surface area (Å²) >= 11 is 0. The molecule has 0 radical (unpaired) electrons. The van der Waals surface area contributed by atoms with Gasteiger partial charge in [-0.1, -0.05) is 6.07 Å². The number of piperidine rings is 1. The first-order valence-electron chi connectivity index (χ1n) is 9.18. The van der Waals surface area contributed by atoms with Gasteiger partial charge >= 0.3 is 0 Å². The Morgan fingerprint density at radius 2 is 2.11 bits per heavy atom. The highest BCUT2D eigenvalue weighted by atomic mass is 16.5. The number of carbonyl (C=O) groups excluding carboxylic acids is 1. The molecule has 3 aromatic rings. The van der Waals surface area contributed by atoms with Gasteiger partial charge in [-0.25, -0.2) is 4.98 Å². The number of aromatic nitrogens is 3. The molecule has 0 saturated carbocycles. The van der Waals surface area contributed by atoms with Gasteiger partial charge in [-0.3, -0.25) is 9.78 Å². The first kappa shape index (κ1) is 17.3. The number of likely N-dealkylation sites (tertiary alicyclic amines) is 1. The predicted molar refractivity (Wildman–Crippen MR) is 102 cm³/mol. The van der Waals surface area contributed by atoms with E-state index >= 15 is 0 Å². The lowest BCUT2D eigenvalue weighted by molar-refractivity contribution is 0.0602. The van der Waals surface area contributed by atoms with Gasteiger partial charge in [-0.2, -0.15) is 0 Å². The van der Waals surface area contributed by atoms with Crippen LogP contribution in [0.4, 0.5) is 0 Å². The van der Waals surface area contributed by atoms with Gasteiger partial charge in [-0.15, -0.1) is 0 Å². The highest BCUT2D eigenvalue weighted by Gasteiger charge is 2.30. The van der Waals surface area contributed by atoms with E-state index in [-0.39, 0.29) is 11.9 Å². The molecule has 0 spiro atoms. The van der Waals surface area contributed by atoms with Crippen LogP contribution in [0, 0.1) is 0 Å². The molecule has 6 heteroatoms.